The van der Waals surface area contributed by atoms with E-state index in [1.165, 1.54) is 0 Å². The highest BCUT2D eigenvalue weighted by Gasteiger charge is 2.09. The van der Waals surface area contributed by atoms with Crippen LogP contribution >= 0.6 is 11.3 Å². The smallest absolute Gasteiger partial charge is 0.252 e. The quantitative estimate of drug-likeness (QED) is 0.426. The Morgan fingerprint density at radius 2 is 2.17 bits per heavy atom. The van der Waals surface area contributed by atoms with Crippen LogP contribution < -0.4 is 5.32 Å². The number of aryl methyl sites for hydroxylation is 1. The molecule has 0 aliphatic heterocycles. The van der Waals surface area contributed by atoms with Crippen molar-refractivity contribution in [3.8, 4) is 16.5 Å². The van der Waals surface area contributed by atoms with Gasteiger partial charge in [0.05, 0.1) is 10.4 Å². The number of unbranched alkanes of at least 4 members (excludes halogenated alkanes) is 2. The van der Waals surface area contributed by atoms with Crippen LogP contribution in [0.4, 0.5) is 0 Å². The molecule has 4 rings (SSSR count). The third-order valence-corrected chi connectivity index (χ3v) is 5.21. The van der Waals surface area contributed by atoms with Gasteiger partial charge < -0.3 is 9.84 Å². The minimum absolute atomic E-state index is 0.118. The van der Waals surface area contributed by atoms with Crippen LogP contribution in [0.25, 0.3) is 16.5 Å². The van der Waals surface area contributed by atoms with E-state index in [1.54, 1.807) is 53.0 Å². The van der Waals surface area contributed by atoms with Gasteiger partial charge in [0, 0.05) is 31.6 Å². The molecule has 9 heteroatoms. The minimum atomic E-state index is -0.118. The van der Waals surface area contributed by atoms with Gasteiger partial charge in [-0.15, -0.1) is 11.3 Å². The monoisotopic (exact) mass is 408 g/mol. The number of rotatable bonds is 9. The molecule has 4 heterocycles. The topological polar surface area (TPSA) is 98.7 Å². The van der Waals surface area contributed by atoms with Crippen molar-refractivity contribution < 1.29 is 9.32 Å². The van der Waals surface area contributed by atoms with Gasteiger partial charge in [0.25, 0.3) is 5.91 Å². The normalized spacial score (nSPS) is 10.9. The van der Waals surface area contributed by atoms with Gasteiger partial charge in [-0.1, -0.05) is 17.6 Å². The molecule has 0 atom stereocenters. The Morgan fingerprint density at radius 1 is 1.21 bits per heavy atom. The van der Waals surface area contributed by atoms with Gasteiger partial charge in [-0.3, -0.25) is 9.36 Å². The summed E-state index contributed by atoms with van der Waals surface area (Å²) in [5.74, 6) is 1.91. The highest BCUT2D eigenvalue weighted by molar-refractivity contribution is 7.13. The van der Waals surface area contributed by atoms with Crippen LogP contribution in [0.5, 0.6) is 0 Å². The summed E-state index contributed by atoms with van der Waals surface area (Å²) in [6.07, 6.45) is 10.3. The first-order chi connectivity index (χ1) is 14.3. The molecule has 29 heavy (non-hydrogen) atoms. The Balaban J connectivity index is 1.15. The number of hydrogen-bond donors (Lipinski definition) is 1. The molecule has 0 bridgehead atoms. The molecule has 1 amide bonds. The molecule has 0 aromatic carbocycles. The van der Waals surface area contributed by atoms with Gasteiger partial charge in [-0.05, 0) is 36.4 Å². The van der Waals surface area contributed by atoms with Crippen molar-refractivity contribution in [2.75, 3.05) is 6.54 Å². The number of thiophene rings is 1. The average Bonchev–Trinajstić information content (AvgIpc) is 3.52. The first-order valence-corrected chi connectivity index (χ1v) is 10.3. The van der Waals surface area contributed by atoms with Gasteiger partial charge in [0.2, 0.25) is 11.7 Å². The fourth-order valence-corrected chi connectivity index (χ4v) is 3.46. The van der Waals surface area contributed by atoms with E-state index < -0.39 is 0 Å². The molecule has 148 valence electrons. The lowest BCUT2D eigenvalue weighted by atomic mass is 10.2. The van der Waals surface area contributed by atoms with Gasteiger partial charge >= 0.3 is 0 Å². The molecular formula is C20H20N6O2S. The zero-order valence-electron chi connectivity index (χ0n) is 15.7. The number of nitrogens with zero attached hydrogens (tertiary/aromatic N) is 5. The molecule has 0 aliphatic rings. The Morgan fingerprint density at radius 3 is 2.93 bits per heavy atom. The molecule has 0 radical (unpaired) electrons. The Bertz CT molecular complexity index is 1030. The number of nitrogens with one attached hydrogen (secondary N) is 1. The van der Waals surface area contributed by atoms with E-state index in [1.807, 2.05) is 17.5 Å². The summed E-state index contributed by atoms with van der Waals surface area (Å²) in [5, 5.41) is 8.93. The van der Waals surface area contributed by atoms with Crippen LogP contribution in [-0.4, -0.2) is 37.1 Å². The summed E-state index contributed by atoms with van der Waals surface area (Å²) < 4.78 is 7.08. The summed E-state index contributed by atoms with van der Waals surface area (Å²) in [6.45, 7) is 0.617. The zero-order chi connectivity index (χ0) is 19.9. The maximum atomic E-state index is 12.2. The van der Waals surface area contributed by atoms with Crippen LogP contribution in [0.15, 0.2) is 59.1 Å². The van der Waals surface area contributed by atoms with E-state index in [-0.39, 0.29) is 5.91 Å². The third-order valence-electron chi connectivity index (χ3n) is 4.34. The van der Waals surface area contributed by atoms with Gasteiger partial charge in [0.15, 0.2) is 0 Å². The Hall–Kier alpha value is -3.33. The van der Waals surface area contributed by atoms with Gasteiger partial charge in [0.1, 0.15) is 12.1 Å². The fourth-order valence-electron chi connectivity index (χ4n) is 2.81. The second-order valence-electron chi connectivity index (χ2n) is 6.43. The first kappa shape index (κ1) is 19.0. The van der Waals surface area contributed by atoms with Crippen molar-refractivity contribution in [2.45, 2.75) is 25.7 Å². The molecule has 8 nitrogen and oxygen atoms in total. The number of aromatic nitrogens is 5. The van der Waals surface area contributed by atoms with E-state index in [4.69, 9.17) is 4.52 Å². The fraction of sp³-hybridized carbons (Fsp3) is 0.250. The van der Waals surface area contributed by atoms with Crippen molar-refractivity contribution in [1.82, 2.24) is 30.0 Å². The predicted octanol–water partition coefficient (Wildman–Crippen LogP) is 3.52. The van der Waals surface area contributed by atoms with Crippen LogP contribution in [0.2, 0.25) is 0 Å². The van der Waals surface area contributed by atoms with E-state index in [2.05, 4.69) is 25.4 Å². The van der Waals surface area contributed by atoms with Crippen LogP contribution in [0.1, 0.15) is 35.5 Å². The number of amides is 1. The predicted molar refractivity (Wildman–Crippen MR) is 109 cm³/mol. The average molecular weight is 408 g/mol. The lowest BCUT2D eigenvalue weighted by Crippen LogP contribution is -2.24. The SMILES string of the molecule is O=C(NCCCCCc1nc(-c2cccs2)no1)c1ccc(-n2ccnc2)nc1. The number of imidazole rings is 1. The molecule has 0 fully saturated rings. The number of pyridine rings is 1. The summed E-state index contributed by atoms with van der Waals surface area (Å²) >= 11 is 1.59. The molecule has 1 N–H and O–H groups in total. The van der Waals surface area contributed by atoms with Crippen molar-refractivity contribution in [3.05, 3.63) is 66.0 Å². The second kappa shape index (κ2) is 9.24. The molecule has 0 aliphatic carbocycles. The van der Waals surface area contributed by atoms with Gasteiger partial charge in [-0.2, -0.15) is 4.98 Å². The summed E-state index contributed by atoms with van der Waals surface area (Å²) in [5.41, 5.74) is 0.542. The maximum absolute atomic E-state index is 12.2. The lowest BCUT2D eigenvalue weighted by molar-refractivity contribution is 0.0952. The molecule has 4 aromatic heterocycles. The summed E-state index contributed by atoms with van der Waals surface area (Å²) in [7, 11) is 0. The van der Waals surface area contributed by atoms with Gasteiger partial charge in [-0.25, -0.2) is 9.97 Å². The summed E-state index contributed by atoms with van der Waals surface area (Å²) in [6, 6.07) is 7.50. The van der Waals surface area contributed by atoms with E-state index in [0.29, 0.717) is 23.8 Å². The molecule has 0 spiro atoms. The van der Waals surface area contributed by atoms with Crippen LogP contribution in [0, 0.1) is 0 Å². The molecule has 4 aromatic rings. The molecule has 0 saturated carbocycles. The largest absolute Gasteiger partial charge is 0.352 e. The molecule has 0 saturated heterocycles. The van der Waals surface area contributed by atoms with Crippen molar-refractivity contribution >= 4 is 17.2 Å². The lowest BCUT2D eigenvalue weighted by Gasteiger charge is -2.06. The van der Waals surface area contributed by atoms with Crippen LogP contribution in [0.3, 0.4) is 0 Å². The molecule has 0 unspecified atom stereocenters. The van der Waals surface area contributed by atoms with Crippen molar-refractivity contribution in [1.29, 1.82) is 0 Å². The maximum Gasteiger partial charge on any atom is 0.252 e. The standard InChI is InChI=1S/C20H20N6O2S/c27-20(15-7-8-17(23-13-15)26-11-10-21-14-26)22-9-3-1-2-6-18-24-19(25-28-18)16-5-4-12-29-16/h4-5,7-8,10-14H,1-3,6,9H2,(H,22,27). The highest BCUT2D eigenvalue weighted by Crippen LogP contribution is 2.21. The third kappa shape index (κ3) is 4.94. The van der Waals surface area contributed by atoms with Crippen LogP contribution in [-0.2, 0) is 6.42 Å². The second-order valence-corrected chi connectivity index (χ2v) is 7.38. The first-order valence-electron chi connectivity index (χ1n) is 9.38. The zero-order valence-corrected chi connectivity index (χ0v) is 16.5. The highest BCUT2D eigenvalue weighted by atomic mass is 32.1. The van der Waals surface area contributed by atoms with E-state index in [0.717, 1.165) is 36.4 Å². The number of carbonyl (C=O) groups is 1. The Kier molecular flexibility index (Phi) is 6.06. The number of hydrogen-bond acceptors (Lipinski definition) is 7. The number of carbonyl (C=O) groups excluding carboxylic acids is 1. The van der Waals surface area contributed by atoms with Crippen molar-refractivity contribution in [2.24, 2.45) is 0 Å². The molecular weight excluding hydrogens is 388 g/mol. The van der Waals surface area contributed by atoms with E-state index >= 15 is 0 Å². The summed E-state index contributed by atoms with van der Waals surface area (Å²) in [4.78, 5) is 25.9. The van der Waals surface area contributed by atoms with E-state index in [9.17, 15) is 4.79 Å². The minimum Gasteiger partial charge on any atom is -0.352 e. The van der Waals surface area contributed by atoms with Crippen molar-refractivity contribution in [3.63, 3.8) is 0 Å². The Labute approximate surface area is 171 Å².